The van der Waals surface area contributed by atoms with Gasteiger partial charge in [-0.25, -0.2) is 5.10 Å². The summed E-state index contributed by atoms with van der Waals surface area (Å²) in [6.45, 7) is 5.94. The molecule has 0 aromatic carbocycles. The molecule has 1 aromatic heterocycles. The van der Waals surface area contributed by atoms with E-state index in [4.69, 9.17) is 0 Å². The second-order valence-corrected chi connectivity index (χ2v) is 5.11. The molecule has 1 aliphatic rings. The summed E-state index contributed by atoms with van der Waals surface area (Å²) < 4.78 is 0. The molecular formula is C13H20N4O2. The van der Waals surface area contributed by atoms with Gasteiger partial charge < -0.3 is 10.2 Å². The molecule has 1 amide bonds. The topological polar surface area (TPSA) is 78.1 Å². The fraction of sp³-hybridized carbons (Fsp3) is 0.615. The van der Waals surface area contributed by atoms with Gasteiger partial charge in [0.15, 0.2) is 0 Å². The Morgan fingerprint density at radius 2 is 2.42 bits per heavy atom. The molecule has 6 heteroatoms. The predicted octanol–water partition coefficient (Wildman–Crippen LogP) is 0.232. The average Bonchev–Trinajstić information content (AvgIpc) is 2.39. The quantitative estimate of drug-likeness (QED) is 0.816. The van der Waals surface area contributed by atoms with Crippen LogP contribution in [0, 0.1) is 5.92 Å². The van der Waals surface area contributed by atoms with Gasteiger partial charge in [0.2, 0.25) is 0 Å². The predicted molar refractivity (Wildman–Crippen MR) is 72.0 cm³/mol. The number of carbonyl (C=O) groups is 1. The molecule has 0 aliphatic carbocycles. The molecule has 6 nitrogen and oxygen atoms in total. The molecule has 1 fully saturated rings. The van der Waals surface area contributed by atoms with Gasteiger partial charge in [-0.15, -0.1) is 0 Å². The molecule has 1 aromatic rings. The Kier molecular flexibility index (Phi) is 4.68. The summed E-state index contributed by atoms with van der Waals surface area (Å²) >= 11 is 0. The normalized spacial score (nSPS) is 20.2. The van der Waals surface area contributed by atoms with Crippen molar-refractivity contribution < 1.29 is 4.79 Å². The standard InChI is InChI=1S/C13H20N4O2/c1-10-3-2-7-17(9-10)8-6-14-13(19)11-4-5-12(18)16-15-11/h4-5,10H,2-3,6-9H2,1H3,(H,14,19)(H,16,18). The second kappa shape index (κ2) is 6.47. The van der Waals surface area contributed by atoms with E-state index in [1.165, 1.54) is 25.0 Å². The minimum atomic E-state index is -0.307. The first-order valence-corrected chi connectivity index (χ1v) is 6.71. The van der Waals surface area contributed by atoms with E-state index >= 15 is 0 Å². The van der Waals surface area contributed by atoms with Crippen LogP contribution in [0.3, 0.4) is 0 Å². The van der Waals surface area contributed by atoms with E-state index in [0.29, 0.717) is 6.54 Å². The third kappa shape index (κ3) is 4.17. The number of aromatic nitrogens is 2. The lowest BCUT2D eigenvalue weighted by atomic mass is 10.0. The van der Waals surface area contributed by atoms with Crippen LogP contribution in [-0.2, 0) is 0 Å². The van der Waals surface area contributed by atoms with E-state index in [2.05, 4.69) is 27.3 Å². The molecule has 1 atom stereocenters. The van der Waals surface area contributed by atoms with E-state index in [1.807, 2.05) is 0 Å². The summed E-state index contributed by atoms with van der Waals surface area (Å²) in [6.07, 6.45) is 2.53. The van der Waals surface area contributed by atoms with Gasteiger partial charge in [0.05, 0.1) is 0 Å². The molecule has 1 aliphatic heterocycles. The molecule has 2 N–H and O–H groups in total. The highest BCUT2D eigenvalue weighted by Crippen LogP contribution is 2.14. The highest BCUT2D eigenvalue weighted by Gasteiger charge is 2.16. The van der Waals surface area contributed by atoms with Gasteiger partial charge in [-0.2, -0.15) is 5.10 Å². The van der Waals surface area contributed by atoms with Crippen LogP contribution in [0.2, 0.25) is 0 Å². The van der Waals surface area contributed by atoms with Crippen molar-refractivity contribution in [3.05, 3.63) is 28.2 Å². The Labute approximate surface area is 112 Å². The maximum atomic E-state index is 11.7. The van der Waals surface area contributed by atoms with Gasteiger partial charge in [0, 0.05) is 25.7 Å². The molecule has 1 saturated heterocycles. The third-order valence-electron chi connectivity index (χ3n) is 3.37. The van der Waals surface area contributed by atoms with Crippen molar-refractivity contribution in [2.45, 2.75) is 19.8 Å². The lowest BCUT2D eigenvalue weighted by Gasteiger charge is -2.30. The molecule has 0 spiro atoms. The monoisotopic (exact) mass is 264 g/mol. The number of nitrogens with one attached hydrogen (secondary N) is 2. The molecule has 2 heterocycles. The number of hydrogen-bond donors (Lipinski definition) is 2. The lowest BCUT2D eigenvalue weighted by molar-refractivity contribution is 0.0937. The van der Waals surface area contributed by atoms with Gasteiger partial charge in [-0.1, -0.05) is 6.92 Å². The summed E-state index contributed by atoms with van der Waals surface area (Å²) in [5.41, 5.74) is -0.0644. The Hall–Kier alpha value is -1.69. The van der Waals surface area contributed by atoms with Gasteiger partial charge in [0.1, 0.15) is 5.69 Å². The van der Waals surface area contributed by atoms with Crippen molar-refractivity contribution in [3.63, 3.8) is 0 Å². The van der Waals surface area contributed by atoms with Gasteiger partial charge in [-0.05, 0) is 31.4 Å². The number of piperidine rings is 1. The maximum absolute atomic E-state index is 11.7. The van der Waals surface area contributed by atoms with Crippen LogP contribution in [0.25, 0.3) is 0 Å². The van der Waals surface area contributed by atoms with E-state index in [9.17, 15) is 9.59 Å². The van der Waals surface area contributed by atoms with Crippen molar-refractivity contribution in [3.8, 4) is 0 Å². The number of H-pyrrole nitrogens is 1. The van der Waals surface area contributed by atoms with Crippen molar-refractivity contribution >= 4 is 5.91 Å². The lowest BCUT2D eigenvalue weighted by Crippen LogP contribution is -2.40. The number of amides is 1. The van der Waals surface area contributed by atoms with Crippen LogP contribution in [0.15, 0.2) is 16.9 Å². The number of nitrogens with zero attached hydrogens (tertiary/aromatic N) is 2. The minimum absolute atomic E-state index is 0.242. The average molecular weight is 264 g/mol. The summed E-state index contributed by atoms with van der Waals surface area (Å²) in [6, 6.07) is 2.73. The molecule has 2 rings (SSSR count). The fourth-order valence-corrected chi connectivity index (χ4v) is 2.38. The number of aromatic amines is 1. The molecular weight excluding hydrogens is 244 g/mol. The molecule has 0 saturated carbocycles. The fourth-order valence-electron chi connectivity index (χ4n) is 2.38. The van der Waals surface area contributed by atoms with E-state index in [0.717, 1.165) is 25.6 Å². The van der Waals surface area contributed by atoms with Crippen molar-refractivity contribution in [2.24, 2.45) is 5.92 Å². The van der Waals surface area contributed by atoms with Crippen LogP contribution >= 0.6 is 0 Å². The van der Waals surface area contributed by atoms with Crippen LogP contribution in [0.5, 0.6) is 0 Å². The van der Waals surface area contributed by atoms with Crippen LogP contribution in [0.1, 0.15) is 30.3 Å². The molecule has 0 bridgehead atoms. The number of carbonyl (C=O) groups excluding carboxylic acids is 1. The second-order valence-electron chi connectivity index (χ2n) is 5.11. The van der Waals surface area contributed by atoms with Gasteiger partial charge in [0.25, 0.3) is 11.5 Å². The maximum Gasteiger partial charge on any atom is 0.271 e. The van der Waals surface area contributed by atoms with Crippen molar-refractivity contribution in [2.75, 3.05) is 26.2 Å². The van der Waals surface area contributed by atoms with E-state index < -0.39 is 0 Å². The molecule has 1 unspecified atom stereocenters. The highest BCUT2D eigenvalue weighted by molar-refractivity contribution is 5.91. The first-order valence-electron chi connectivity index (χ1n) is 6.71. The third-order valence-corrected chi connectivity index (χ3v) is 3.37. The van der Waals surface area contributed by atoms with Crippen LogP contribution in [0.4, 0.5) is 0 Å². The number of rotatable bonds is 4. The SMILES string of the molecule is CC1CCCN(CCNC(=O)c2ccc(=O)[nH]n2)C1. The molecule has 104 valence electrons. The zero-order valence-electron chi connectivity index (χ0n) is 11.2. The first-order chi connectivity index (χ1) is 9.15. The largest absolute Gasteiger partial charge is 0.349 e. The minimum Gasteiger partial charge on any atom is -0.349 e. The summed E-state index contributed by atoms with van der Waals surface area (Å²) in [4.78, 5) is 25.0. The smallest absolute Gasteiger partial charge is 0.271 e. The van der Waals surface area contributed by atoms with Crippen LogP contribution < -0.4 is 10.9 Å². The Bertz CT molecular complexity index is 465. The summed E-state index contributed by atoms with van der Waals surface area (Å²) in [5, 5.41) is 8.76. The van der Waals surface area contributed by atoms with Crippen molar-refractivity contribution in [1.82, 2.24) is 20.4 Å². The van der Waals surface area contributed by atoms with Gasteiger partial charge >= 0.3 is 0 Å². The number of likely N-dealkylation sites (tertiary alicyclic amines) is 1. The van der Waals surface area contributed by atoms with Crippen molar-refractivity contribution in [1.29, 1.82) is 0 Å². The summed E-state index contributed by atoms with van der Waals surface area (Å²) in [5.74, 6) is 0.492. The van der Waals surface area contributed by atoms with Crippen LogP contribution in [-0.4, -0.2) is 47.2 Å². The first kappa shape index (κ1) is 13.7. The Balaban J connectivity index is 1.74. The van der Waals surface area contributed by atoms with E-state index in [-0.39, 0.29) is 17.2 Å². The van der Waals surface area contributed by atoms with Gasteiger partial charge in [-0.3, -0.25) is 9.59 Å². The molecule has 19 heavy (non-hydrogen) atoms. The Morgan fingerprint density at radius 3 is 3.11 bits per heavy atom. The zero-order chi connectivity index (χ0) is 13.7. The molecule has 0 radical (unpaired) electrons. The zero-order valence-corrected chi connectivity index (χ0v) is 11.2. The Morgan fingerprint density at radius 1 is 1.58 bits per heavy atom. The number of hydrogen-bond acceptors (Lipinski definition) is 4. The van der Waals surface area contributed by atoms with E-state index in [1.54, 1.807) is 0 Å². The highest BCUT2D eigenvalue weighted by atomic mass is 16.2. The summed E-state index contributed by atoms with van der Waals surface area (Å²) in [7, 11) is 0.